The van der Waals surface area contributed by atoms with Crippen molar-refractivity contribution in [3.8, 4) is 11.5 Å². The number of rotatable bonds is 2. The van der Waals surface area contributed by atoms with Crippen molar-refractivity contribution in [3.05, 3.63) is 23.9 Å². The molecule has 0 amide bonds. The minimum Gasteiger partial charge on any atom is -0.333 e. The van der Waals surface area contributed by atoms with Gasteiger partial charge in [0.15, 0.2) is 0 Å². The fourth-order valence-corrected chi connectivity index (χ4v) is 1.41. The zero-order chi connectivity index (χ0) is 12.5. The normalized spacial score (nSPS) is 11.5. The van der Waals surface area contributed by atoms with E-state index in [0.29, 0.717) is 11.8 Å². The lowest BCUT2D eigenvalue weighted by atomic mass is 10.1. The SMILES string of the molecule is Cc1cccnc1-c1noc(NC(C)(C)C)n1. The van der Waals surface area contributed by atoms with Gasteiger partial charge < -0.3 is 9.84 Å². The van der Waals surface area contributed by atoms with E-state index in [-0.39, 0.29) is 5.54 Å². The van der Waals surface area contributed by atoms with Crippen LogP contribution in [0.15, 0.2) is 22.9 Å². The lowest BCUT2D eigenvalue weighted by Crippen LogP contribution is -2.26. The molecule has 0 saturated carbocycles. The Labute approximate surface area is 100 Å². The van der Waals surface area contributed by atoms with Crippen molar-refractivity contribution in [2.24, 2.45) is 0 Å². The van der Waals surface area contributed by atoms with Crippen LogP contribution in [-0.4, -0.2) is 20.7 Å². The second-order valence-electron chi connectivity index (χ2n) is 4.97. The Balaban J connectivity index is 2.28. The van der Waals surface area contributed by atoms with Gasteiger partial charge in [-0.05, 0) is 39.3 Å². The number of pyridine rings is 1. The Bertz CT molecular complexity index is 513. The predicted octanol–water partition coefficient (Wildman–Crippen LogP) is 2.65. The van der Waals surface area contributed by atoms with Gasteiger partial charge in [0.05, 0.1) is 0 Å². The van der Waals surface area contributed by atoms with Crippen molar-refractivity contribution < 1.29 is 4.52 Å². The number of aromatic nitrogens is 3. The van der Waals surface area contributed by atoms with Crippen molar-refractivity contribution >= 4 is 6.01 Å². The topological polar surface area (TPSA) is 63.8 Å². The maximum Gasteiger partial charge on any atom is 0.322 e. The van der Waals surface area contributed by atoms with Gasteiger partial charge in [-0.1, -0.05) is 11.2 Å². The van der Waals surface area contributed by atoms with Gasteiger partial charge in [-0.3, -0.25) is 4.98 Å². The van der Waals surface area contributed by atoms with Gasteiger partial charge in [0.2, 0.25) is 5.82 Å². The molecule has 5 heteroatoms. The van der Waals surface area contributed by atoms with Gasteiger partial charge in [0.25, 0.3) is 0 Å². The molecular formula is C12H16N4O. The van der Waals surface area contributed by atoms with E-state index in [1.807, 2.05) is 39.8 Å². The Morgan fingerprint density at radius 3 is 2.71 bits per heavy atom. The highest BCUT2D eigenvalue weighted by Crippen LogP contribution is 2.20. The van der Waals surface area contributed by atoms with Crippen LogP contribution in [0.25, 0.3) is 11.5 Å². The van der Waals surface area contributed by atoms with Gasteiger partial charge in [-0.2, -0.15) is 4.98 Å². The first-order valence-electron chi connectivity index (χ1n) is 5.49. The third-order valence-corrected chi connectivity index (χ3v) is 2.13. The highest BCUT2D eigenvalue weighted by atomic mass is 16.5. The van der Waals surface area contributed by atoms with Crippen LogP contribution in [0.4, 0.5) is 6.01 Å². The molecule has 0 atom stereocenters. The quantitative estimate of drug-likeness (QED) is 0.862. The van der Waals surface area contributed by atoms with Crippen LogP contribution in [0.5, 0.6) is 0 Å². The fraction of sp³-hybridized carbons (Fsp3) is 0.417. The van der Waals surface area contributed by atoms with Crippen LogP contribution in [0.2, 0.25) is 0 Å². The average molecular weight is 232 g/mol. The first-order chi connectivity index (χ1) is 7.96. The molecule has 2 aromatic heterocycles. The molecule has 1 N–H and O–H groups in total. The summed E-state index contributed by atoms with van der Waals surface area (Å²) in [6.07, 6.45) is 1.72. The summed E-state index contributed by atoms with van der Waals surface area (Å²) in [7, 11) is 0. The van der Waals surface area contributed by atoms with Gasteiger partial charge in [0.1, 0.15) is 5.69 Å². The summed E-state index contributed by atoms with van der Waals surface area (Å²) in [6, 6.07) is 4.26. The molecule has 2 heterocycles. The van der Waals surface area contributed by atoms with Crippen molar-refractivity contribution in [2.45, 2.75) is 33.2 Å². The summed E-state index contributed by atoms with van der Waals surface area (Å²) >= 11 is 0. The number of nitrogens with zero attached hydrogens (tertiary/aromatic N) is 3. The molecule has 2 aromatic rings. The summed E-state index contributed by atoms with van der Waals surface area (Å²) in [6.45, 7) is 8.06. The molecule has 0 bridgehead atoms. The first-order valence-corrected chi connectivity index (χ1v) is 5.49. The zero-order valence-electron chi connectivity index (χ0n) is 10.5. The van der Waals surface area contributed by atoms with Crippen molar-refractivity contribution in [1.29, 1.82) is 0 Å². The van der Waals surface area contributed by atoms with Gasteiger partial charge in [-0.15, -0.1) is 0 Å². The molecule has 0 fully saturated rings. The number of nitrogens with one attached hydrogen (secondary N) is 1. The van der Waals surface area contributed by atoms with Crippen molar-refractivity contribution in [3.63, 3.8) is 0 Å². The van der Waals surface area contributed by atoms with Crippen LogP contribution < -0.4 is 5.32 Å². The molecule has 0 aliphatic heterocycles. The fourth-order valence-electron chi connectivity index (χ4n) is 1.41. The van der Waals surface area contributed by atoms with E-state index in [1.165, 1.54) is 0 Å². The van der Waals surface area contributed by atoms with E-state index < -0.39 is 0 Å². The number of anilines is 1. The molecule has 2 rings (SSSR count). The molecule has 0 aromatic carbocycles. The summed E-state index contributed by atoms with van der Waals surface area (Å²) in [5.41, 5.74) is 1.66. The Morgan fingerprint density at radius 1 is 1.29 bits per heavy atom. The van der Waals surface area contributed by atoms with E-state index in [0.717, 1.165) is 11.3 Å². The van der Waals surface area contributed by atoms with Crippen LogP contribution in [0.3, 0.4) is 0 Å². The highest BCUT2D eigenvalue weighted by Gasteiger charge is 2.16. The third kappa shape index (κ3) is 2.81. The zero-order valence-corrected chi connectivity index (χ0v) is 10.5. The molecule has 0 radical (unpaired) electrons. The van der Waals surface area contributed by atoms with Crippen LogP contribution in [0, 0.1) is 6.92 Å². The second kappa shape index (κ2) is 4.16. The maximum absolute atomic E-state index is 5.14. The van der Waals surface area contributed by atoms with Crippen molar-refractivity contribution in [2.75, 3.05) is 5.32 Å². The molecule has 0 saturated heterocycles. The van der Waals surface area contributed by atoms with Crippen LogP contribution in [-0.2, 0) is 0 Å². The summed E-state index contributed by atoms with van der Waals surface area (Å²) in [5.74, 6) is 0.509. The number of hydrogen-bond acceptors (Lipinski definition) is 5. The second-order valence-corrected chi connectivity index (χ2v) is 4.97. The first kappa shape index (κ1) is 11.6. The van der Waals surface area contributed by atoms with E-state index in [9.17, 15) is 0 Å². The number of aryl methyl sites for hydroxylation is 1. The Kier molecular flexibility index (Phi) is 2.83. The minimum atomic E-state index is -0.108. The van der Waals surface area contributed by atoms with E-state index >= 15 is 0 Å². The van der Waals surface area contributed by atoms with Crippen molar-refractivity contribution in [1.82, 2.24) is 15.1 Å². The average Bonchev–Trinajstić information content (AvgIpc) is 2.64. The molecule has 90 valence electrons. The standard InChI is InChI=1S/C12H16N4O/c1-8-6-5-7-13-9(8)10-14-11(17-16-10)15-12(2,3)4/h5-7H,1-4H3,(H,14,15,16). The molecule has 0 aliphatic rings. The van der Waals surface area contributed by atoms with E-state index in [2.05, 4.69) is 20.4 Å². The highest BCUT2D eigenvalue weighted by molar-refractivity contribution is 5.54. The molecular weight excluding hydrogens is 216 g/mol. The lowest BCUT2D eigenvalue weighted by molar-refractivity contribution is 0.420. The Hall–Kier alpha value is -1.91. The summed E-state index contributed by atoms with van der Waals surface area (Å²) < 4.78 is 5.14. The van der Waals surface area contributed by atoms with Gasteiger partial charge >= 0.3 is 6.01 Å². The van der Waals surface area contributed by atoms with Gasteiger partial charge in [0, 0.05) is 11.7 Å². The largest absolute Gasteiger partial charge is 0.333 e. The van der Waals surface area contributed by atoms with Gasteiger partial charge in [-0.25, -0.2) is 0 Å². The summed E-state index contributed by atoms with van der Waals surface area (Å²) in [5, 5.41) is 7.04. The molecule has 0 spiro atoms. The molecule has 0 unspecified atom stereocenters. The van der Waals surface area contributed by atoms with E-state index in [1.54, 1.807) is 6.20 Å². The molecule has 17 heavy (non-hydrogen) atoms. The maximum atomic E-state index is 5.14. The number of hydrogen-bond donors (Lipinski definition) is 1. The van der Waals surface area contributed by atoms with E-state index in [4.69, 9.17) is 4.52 Å². The lowest BCUT2D eigenvalue weighted by Gasteiger charge is -2.17. The minimum absolute atomic E-state index is 0.108. The predicted molar refractivity (Wildman–Crippen MR) is 65.6 cm³/mol. The molecule has 0 aliphatic carbocycles. The smallest absolute Gasteiger partial charge is 0.322 e. The monoisotopic (exact) mass is 232 g/mol. The Morgan fingerprint density at radius 2 is 2.06 bits per heavy atom. The van der Waals surface area contributed by atoms with Crippen LogP contribution in [0.1, 0.15) is 26.3 Å². The van der Waals surface area contributed by atoms with Crippen LogP contribution >= 0.6 is 0 Å². The third-order valence-electron chi connectivity index (χ3n) is 2.13. The molecule has 5 nitrogen and oxygen atoms in total. The summed E-state index contributed by atoms with van der Waals surface area (Å²) in [4.78, 5) is 8.52.